The number of carbonyl (C=O) groups is 3. The number of rotatable bonds is 5. The van der Waals surface area contributed by atoms with Gasteiger partial charge in [-0.25, -0.2) is 9.69 Å². The SMILES string of the molecule is C#CCOc1c(Cl)cc(/C=C2/C(=O)NC(=O)N(c3ccc(Cl)cc3)C2=O)cc1OC. The van der Waals surface area contributed by atoms with Crippen LogP contribution in [0.1, 0.15) is 5.56 Å². The molecule has 4 amide bonds. The molecule has 1 saturated heterocycles. The van der Waals surface area contributed by atoms with Crippen molar-refractivity contribution in [3.05, 3.63) is 57.6 Å². The number of anilines is 1. The summed E-state index contributed by atoms with van der Waals surface area (Å²) in [6.07, 6.45) is 6.49. The summed E-state index contributed by atoms with van der Waals surface area (Å²) in [6.45, 7) is -0.0183. The second-order valence-corrected chi connectivity index (χ2v) is 6.80. The predicted octanol–water partition coefficient (Wildman–Crippen LogP) is 3.68. The van der Waals surface area contributed by atoms with E-state index in [-0.39, 0.29) is 34.4 Å². The molecule has 2 aromatic rings. The lowest BCUT2D eigenvalue weighted by Crippen LogP contribution is -2.54. The third-order valence-corrected chi connectivity index (χ3v) is 4.58. The quantitative estimate of drug-likeness (QED) is 0.431. The molecule has 0 saturated carbocycles. The highest BCUT2D eigenvalue weighted by Crippen LogP contribution is 2.37. The van der Waals surface area contributed by atoms with Crippen molar-refractivity contribution in [3.8, 4) is 23.8 Å². The molecule has 1 N–H and O–H groups in total. The van der Waals surface area contributed by atoms with Crippen LogP contribution in [0.25, 0.3) is 6.08 Å². The Bertz CT molecular complexity index is 1100. The van der Waals surface area contributed by atoms with E-state index in [4.69, 9.17) is 39.1 Å². The van der Waals surface area contributed by atoms with Gasteiger partial charge in [-0.1, -0.05) is 29.1 Å². The Kier molecular flexibility index (Phi) is 6.31. The van der Waals surface area contributed by atoms with Crippen LogP contribution >= 0.6 is 23.2 Å². The van der Waals surface area contributed by atoms with Crippen molar-refractivity contribution < 1.29 is 23.9 Å². The van der Waals surface area contributed by atoms with Crippen LogP contribution in [0.5, 0.6) is 11.5 Å². The van der Waals surface area contributed by atoms with Gasteiger partial charge in [0.05, 0.1) is 17.8 Å². The average Bonchev–Trinajstić information content (AvgIpc) is 2.71. The highest BCUT2D eigenvalue weighted by atomic mass is 35.5. The van der Waals surface area contributed by atoms with Gasteiger partial charge in [0.2, 0.25) is 0 Å². The molecule has 0 radical (unpaired) electrons. The molecule has 1 fully saturated rings. The zero-order chi connectivity index (χ0) is 21.8. The molecule has 7 nitrogen and oxygen atoms in total. The summed E-state index contributed by atoms with van der Waals surface area (Å²) < 4.78 is 10.6. The van der Waals surface area contributed by atoms with Crippen molar-refractivity contribution in [3.63, 3.8) is 0 Å². The van der Waals surface area contributed by atoms with Gasteiger partial charge in [-0.05, 0) is 48.0 Å². The van der Waals surface area contributed by atoms with E-state index in [1.165, 1.54) is 49.6 Å². The Hall–Kier alpha value is -3.47. The van der Waals surface area contributed by atoms with Gasteiger partial charge in [0, 0.05) is 5.02 Å². The molecule has 1 aliphatic heterocycles. The van der Waals surface area contributed by atoms with Gasteiger partial charge in [-0.2, -0.15) is 0 Å². The van der Waals surface area contributed by atoms with Gasteiger partial charge >= 0.3 is 6.03 Å². The Balaban J connectivity index is 2.01. The summed E-state index contributed by atoms with van der Waals surface area (Å²) in [7, 11) is 1.41. The van der Waals surface area contributed by atoms with Crippen LogP contribution in [0.15, 0.2) is 42.0 Å². The highest BCUT2D eigenvalue weighted by molar-refractivity contribution is 6.39. The van der Waals surface area contributed by atoms with E-state index in [1.54, 1.807) is 0 Å². The molecule has 0 aromatic heterocycles. The van der Waals surface area contributed by atoms with E-state index in [1.807, 2.05) is 0 Å². The molecule has 30 heavy (non-hydrogen) atoms. The van der Waals surface area contributed by atoms with Crippen molar-refractivity contribution >= 4 is 52.8 Å². The number of amides is 4. The molecule has 0 bridgehead atoms. The topological polar surface area (TPSA) is 84.9 Å². The number of nitrogens with zero attached hydrogens (tertiary/aromatic N) is 1. The van der Waals surface area contributed by atoms with Crippen molar-refractivity contribution in [1.82, 2.24) is 5.32 Å². The van der Waals surface area contributed by atoms with E-state index in [2.05, 4.69) is 11.2 Å². The van der Waals surface area contributed by atoms with Crippen LogP contribution in [0, 0.1) is 12.3 Å². The van der Waals surface area contributed by atoms with E-state index < -0.39 is 17.8 Å². The molecule has 9 heteroatoms. The average molecular weight is 445 g/mol. The third-order valence-electron chi connectivity index (χ3n) is 4.05. The van der Waals surface area contributed by atoms with Crippen molar-refractivity contribution in [2.75, 3.05) is 18.6 Å². The summed E-state index contributed by atoms with van der Waals surface area (Å²) in [4.78, 5) is 38.3. The second-order valence-electron chi connectivity index (χ2n) is 5.96. The van der Waals surface area contributed by atoms with Gasteiger partial charge in [0.1, 0.15) is 12.2 Å². The number of hydrogen-bond donors (Lipinski definition) is 1. The first-order valence-corrected chi connectivity index (χ1v) is 9.22. The number of imide groups is 2. The van der Waals surface area contributed by atoms with Crippen LogP contribution in [-0.2, 0) is 9.59 Å². The molecule has 1 aliphatic rings. The van der Waals surface area contributed by atoms with Crippen LogP contribution in [0.3, 0.4) is 0 Å². The number of nitrogens with one attached hydrogen (secondary N) is 1. The molecule has 0 spiro atoms. The normalized spacial score (nSPS) is 15.1. The molecule has 0 aliphatic carbocycles. The number of ether oxygens (including phenoxy) is 2. The fraction of sp³-hybridized carbons (Fsp3) is 0.0952. The van der Waals surface area contributed by atoms with Crippen LogP contribution in [0.2, 0.25) is 10.0 Å². The predicted molar refractivity (Wildman–Crippen MR) is 113 cm³/mol. The molecule has 2 aromatic carbocycles. The second kappa shape index (κ2) is 8.91. The molecule has 1 heterocycles. The molecule has 0 unspecified atom stereocenters. The summed E-state index contributed by atoms with van der Waals surface area (Å²) in [5, 5.41) is 2.75. The number of halogens is 2. The minimum atomic E-state index is -0.863. The Labute approximate surface area is 182 Å². The largest absolute Gasteiger partial charge is 0.493 e. The van der Waals surface area contributed by atoms with E-state index in [0.29, 0.717) is 10.6 Å². The number of methoxy groups -OCH3 is 1. The number of carbonyl (C=O) groups excluding carboxylic acids is 3. The maximum atomic E-state index is 12.9. The number of benzene rings is 2. The number of barbiturate groups is 1. The lowest BCUT2D eigenvalue weighted by molar-refractivity contribution is -0.122. The Morgan fingerprint density at radius 3 is 2.50 bits per heavy atom. The fourth-order valence-corrected chi connectivity index (χ4v) is 3.13. The highest BCUT2D eigenvalue weighted by Gasteiger charge is 2.36. The van der Waals surface area contributed by atoms with Crippen LogP contribution in [0.4, 0.5) is 10.5 Å². The Morgan fingerprint density at radius 1 is 1.17 bits per heavy atom. The zero-order valence-electron chi connectivity index (χ0n) is 15.6. The summed E-state index contributed by atoms with van der Waals surface area (Å²) in [5.74, 6) is 1.19. The third kappa shape index (κ3) is 4.25. The van der Waals surface area contributed by atoms with Crippen molar-refractivity contribution in [1.29, 1.82) is 0 Å². The fourth-order valence-electron chi connectivity index (χ4n) is 2.73. The molecule has 0 atom stereocenters. The van der Waals surface area contributed by atoms with Gasteiger partial charge in [-0.3, -0.25) is 14.9 Å². The van der Waals surface area contributed by atoms with Gasteiger partial charge in [0.15, 0.2) is 11.5 Å². The van der Waals surface area contributed by atoms with Crippen LogP contribution in [-0.4, -0.2) is 31.6 Å². The maximum absolute atomic E-state index is 12.9. The van der Waals surface area contributed by atoms with E-state index in [0.717, 1.165) is 4.90 Å². The van der Waals surface area contributed by atoms with Gasteiger partial charge < -0.3 is 9.47 Å². The smallest absolute Gasteiger partial charge is 0.335 e. The lowest BCUT2D eigenvalue weighted by Gasteiger charge is -2.26. The molecular weight excluding hydrogens is 431 g/mol. The first-order valence-electron chi connectivity index (χ1n) is 8.46. The number of urea groups is 1. The summed E-state index contributed by atoms with van der Waals surface area (Å²) in [5.41, 5.74) is 0.378. The van der Waals surface area contributed by atoms with E-state index in [9.17, 15) is 14.4 Å². The minimum Gasteiger partial charge on any atom is -0.493 e. The molecular formula is C21H14Cl2N2O5. The first-order chi connectivity index (χ1) is 14.3. The van der Waals surface area contributed by atoms with Gasteiger partial charge in [0.25, 0.3) is 11.8 Å². The number of hydrogen-bond acceptors (Lipinski definition) is 5. The maximum Gasteiger partial charge on any atom is 0.335 e. The standard InChI is InChI=1S/C21H14Cl2N2O5/c1-3-8-30-18-16(23)10-12(11-17(18)29-2)9-15-19(26)24-21(28)25(20(15)27)14-6-4-13(22)5-7-14/h1,4-7,9-11H,8H2,2H3,(H,24,26,28)/b15-9-. The van der Waals surface area contributed by atoms with Crippen molar-refractivity contribution in [2.24, 2.45) is 0 Å². The first kappa shape index (κ1) is 21.2. The number of terminal acetylenes is 1. The van der Waals surface area contributed by atoms with E-state index >= 15 is 0 Å². The minimum absolute atomic E-state index is 0.0183. The molecule has 3 rings (SSSR count). The lowest BCUT2D eigenvalue weighted by atomic mass is 10.1. The van der Waals surface area contributed by atoms with Crippen molar-refractivity contribution in [2.45, 2.75) is 0 Å². The molecule has 152 valence electrons. The monoisotopic (exact) mass is 444 g/mol. The van der Waals surface area contributed by atoms with Gasteiger partial charge in [-0.15, -0.1) is 6.42 Å². The Morgan fingerprint density at radius 2 is 1.87 bits per heavy atom. The summed E-state index contributed by atoms with van der Waals surface area (Å²) in [6, 6.07) is 8.17. The summed E-state index contributed by atoms with van der Waals surface area (Å²) >= 11 is 12.1. The zero-order valence-corrected chi connectivity index (χ0v) is 17.1. The van der Waals surface area contributed by atoms with Crippen LogP contribution < -0.4 is 19.7 Å².